The third kappa shape index (κ3) is 4.10. The van der Waals surface area contributed by atoms with E-state index in [0.717, 1.165) is 11.1 Å². The minimum absolute atomic E-state index is 0.267. The Labute approximate surface area is 173 Å². The van der Waals surface area contributed by atoms with Crippen LogP contribution in [0.1, 0.15) is 22.8 Å². The lowest BCUT2D eigenvalue weighted by atomic mass is 10.1. The summed E-state index contributed by atoms with van der Waals surface area (Å²) in [6, 6.07) is 18.3. The van der Waals surface area contributed by atoms with Gasteiger partial charge in [-0.3, -0.25) is 4.79 Å². The number of fused-ring (bicyclic) bond motifs is 1. The molecule has 3 aromatic carbocycles. The molecule has 5 nitrogen and oxygen atoms in total. The molecule has 0 aliphatic heterocycles. The summed E-state index contributed by atoms with van der Waals surface area (Å²) in [6.07, 6.45) is 0. The molecule has 0 saturated carbocycles. The highest BCUT2D eigenvalue weighted by molar-refractivity contribution is 6.32. The Hall–Kier alpha value is -3.31. The molecule has 1 N–H and O–H groups in total. The average molecular weight is 407 g/mol. The van der Waals surface area contributed by atoms with Crippen molar-refractivity contribution >= 4 is 34.3 Å². The van der Waals surface area contributed by atoms with Crippen molar-refractivity contribution in [3.05, 3.63) is 76.8 Å². The van der Waals surface area contributed by atoms with Crippen molar-refractivity contribution < 1.29 is 13.9 Å². The zero-order valence-corrected chi connectivity index (χ0v) is 16.8. The van der Waals surface area contributed by atoms with Crippen molar-refractivity contribution in [1.29, 1.82) is 0 Å². The first-order chi connectivity index (χ1) is 14.0. The summed E-state index contributed by atoms with van der Waals surface area (Å²) in [4.78, 5) is 17.1. The van der Waals surface area contributed by atoms with Gasteiger partial charge in [0.2, 0.25) is 5.89 Å². The maximum absolute atomic E-state index is 12.6. The zero-order valence-electron chi connectivity index (χ0n) is 16.0. The molecule has 0 radical (unpaired) electrons. The number of benzene rings is 3. The second-order valence-corrected chi connectivity index (χ2v) is 7.01. The van der Waals surface area contributed by atoms with Crippen molar-refractivity contribution in [2.24, 2.45) is 0 Å². The van der Waals surface area contributed by atoms with Crippen LogP contribution in [0.5, 0.6) is 5.75 Å². The number of oxazole rings is 1. The number of amides is 1. The average Bonchev–Trinajstić information content (AvgIpc) is 3.13. The minimum Gasteiger partial charge on any atom is -0.492 e. The molecule has 0 unspecified atom stereocenters. The van der Waals surface area contributed by atoms with Gasteiger partial charge in [-0.2, -0.15) is 0 Å². The molecule has 4 rings (SSSR count). The lowest BCUT2D eigenvalue weighted by Crippen LogP contribution is -2.11. The quantitative estimate of drug-likeness (QED) is 0.434. The second kappa shape index (κ2) is 7.97. The Morgan fingerprint density at radius 2 is 2.00 bits per heavy atom. The van der Waals surface area contributed by atoms with Crippen LogP contribution in [0.2, 0.25) is 5.02 Å². The van der Waals surface area contributed by atoms with E-state index in [4.69, 9.17) is 20.8 Å². The van der Waals surface area contributed by atoms with Crippen LogP contribution in [0.4, 0.5) is 5.69 Å². The highest BCUT2D eigenvalue weighted by Gasteiger charge is 2.12. The van der Waals surface area contributed by atoms with Crippen LogP contribution in [-0.4, -0.2) is 17.5 Å². The summed E-state index contributed by atoms with van der Waals surface area (Å²) in [5.41, 5.74) is 4.44. The molecule has 4 aromatic rings. The Morgan fingerprint density at radius 3 is 2.76 bits per heavy atom. The summed E-state index contributed by atoms with van der Waals surface area (Å²) in [6.45, 7) is 4.40. The van der Waals surface area contributed by atoms with Crippen molar-refractivity contribution in [3.63, 3.8) is 0 Å². The summed E-state index contributed by atoms with van der Waals surface area (Å²) >= 11 is 6.18. The highest BCUT2D eigenvalue weighted by atomic mass is 35.5. The standard InChI is InChI=1S/C23H19ClN2O3/c1-3-28-20-9-7-15(12-18(20)24)22(27)25-17-8-10-21-19(13-17)26-23(29-21)16-6-4-5-14(2)11-16/h4-13H,3H2,1-2H3,(H,25,27). The Kier molecular flexibility index (Phi) is 5.23. The van der Waals surface area contributed by atoms with Gasteiger partial charge < -0.3 is 14.5 Å². The number of rotatable bonds is 5. The molecule has 29 heavy (non-hydrogen) atoms. The largest absolute Gasteiger partial charge is 0.492 e. The SMILES string of the molecule is CCOc1ccc(C(=O)Nc2ccc3oc(-c4cccc(C)c4)nc3c2)cc1Cl. The normalized spacial score (nSPS) is 10.9. The van der Waals surface area contributed by atoms with Crippen molar-refractivity contribution in [3.8, 4) is 17.2 Å². The number of ether oxygens (including phenoxy) is 1. The predicted molar refractivity (Wildman–Crippen MR) is 115 cm³/mol. The number of carbonyl (C=O) groups excluding carboxylic acids is 1. The molecular formula is C23H19ClN2O3. The van der Waals surface area contributed by atoms with E-state index in [1.165, 1.54) is 0 Å². The van der Waals surface area contributed by atoms with Gasteiger partial charge in [-0.05, 0) is 62.4 Å². The summed E-state index contributed by atoms with van der Waals surface area (Å²) in [7, 11) is 0. The highest BCUT2D eigenvalue weighted by Crippen LogP contribution is 2.28. The Balaban J connectivity index is 1.57. The lowest BCUT2D eigenvalue weighted by Gasteiger charge is -2.08. The second-order valence-electron chi connectivity index (χ2n) is 6.60. The number of nitrogens with one attached hydrogen (secondary N) is 1. The number of hydrogen-bond acceptors (Lipinski definition) is 4. The lowest BCUT2D eigenvalue weighted by molar-refractivity contribution is 0.102. The van der Waals surface area contributed by atoms with Gasteiger partial charge in [-0.15, -0.1) is 0 Å². The molecule has 6 heteroatoms. The van der Waals surface area contributed by atoms with E-state index in [0.29, 0.717) is 45.6 Å². The maximum atomic E-state index is 12.6. The van der Waals surface area contributed by atoms with Crippen molar-refractivity contribution in [1.82, 2.24) is 4.98 Å². The minimum atomic E-state index is -0.267. The fraction of sp³-hybridized carbons (Fsp3) is 0.130. The van der Waals surface area contributed by atoms with Crippen LogP contribution in [0.25, 0.3) is 22.6 Å². The molecule has 0 saturated heterocycles. The van der Waals surface area contributed by atoms with E-state index in [-0.39, 0.29) is 5.91 Å². The Bertz CT molecular complexity index is 1200. The monoisotopic (exact) mass is 406 g/mol. The number of halogens is 1. The van der Waals surface area contributed by atoms with Gasteiger partial charge >= 0.3 is 0 Å². The molecule has 1 amide bonds. The van der Waals surface area contributed by atoms with Gasteiger partial charge in [0.25, 0.3) is 5.91 Å². The predicted octanol–water partition coefficient (Wildman–Crippen LogP) is 6.11. The Morgan fingerprint density at radius 1 is 1.14 bits per heavy atom. The number of carbonyl (C=O) groups is 1. The van der Waals surface area contributed by atoms with Crippen LogP contribution in [0.3, 0.4) is 0 Å². The molecule has 1 heterocycles. The van der Waals surface area contributed by atoms with Gasteiger partial charge in [0.05, 0.1) is 11.6 Å². The molecular weight excluding hydrogens is 388 g/mol. The summed E-state index contributed by atoms with van der Waals surface area (Å²) in [5.74, 6) is 0.834. The van der Waals surface area contributed by atoms with E-state index < -0.39 is 0 Å². The first-order valence-electron chi connectivity index (χ1n) is 9.25. The zero-order chi connectivity index (χ0) is 20.4. The van der Waals surface area contributed by atoms with E-state index in [1.54, 1.807) is 36.4 Å². The van der Waals surface area contributed by atoms with E-state index in [9.17, 15) is 4.79 Å². The number of hydrogen-bond donors (Lipinski definition) is 1. The number of nitrogens with zero attached hydrogens (tertiary/aromatic N) is 1. The summed E-state index contributed by atoms with van der Waals surface area (Å²) < 4.78 is 11.3. The van der Waals surface area contributed by atoms with Gasteiger partial charge in [0, 0.05) is 16.8 Å². The van der Waals surface area contributed by atoms with Crippen LogP contribution in [-0.2, 0) is 0 Å². The van der Waals surface area contributed by atoms with E-state index in [2.05, 4.69) is 10.3 Å². The topological polar surface area (TPSA) is 64.4 Å². The molecule has 0 bridgehead atoms. The third-order valence-corrected chi connectivity index (χ3v) is 4.70. The van der Waals surface area contributed by atoms with Crippen LogP contribution < -0.4 is 10.1 Å². The van der Waals surface area contributed by atoms with E-state index in [1.807, 2.05) is 38.1 Å². The summed E-state index contributed by atoms with van der Waals surface area (Å²) in [5, 5.41) is 3.26. The number of aryl methyl sites for hydroxylation is 1. The van der Waals surface area contributed by atoms with Crippen LogP contribution in [0, 0.1) is 6.92 Å². The molecule has 0 fully saturated rings. The smallest absolute Gasteiger partial charge is 0.255 e. The fourth-order valence-electron chi connectivity index (χ4n) is 3.02. The molecule has 0 aliphatic carbocycles. The van der Waals surface area contributed by atoms with Crippen molar-refractivity contribution in [2.45, 2.75) is 13.8 Å². The fourth-order valence-corrected chi connectivity index (χ4v) is 3.26. The van der Waals surface area contributed by atoms with Gasteiger partial charge in [0.15, 0.2) is 5.58 Å². The number of anilines is 1. The van der Waals surface area contributed by atoms with E-state index >= 15 is 0 Å². The van der Waals surface area contributed by atoms with Crippen molar-refractivity contribution in [2.75, 3.05) is 11.9 Å². The molecule has 1 aromatic heterocycles. The molecule has 146 valence electrons. The van der Waals surface area contributed by atoms with Crippen LogP contribution in [0.15, 0.2) is 65.1 Å². The van der Waals surface area contributed by atoms with Crippen LogP contribution >= 0.6 is 11.6 Å². The van der Waals surface area contributed by atoms with Gasteiger partial charge in [0.1, 0.15) is 11.3 Å². The third-order valence-electron chi connectivity index (χ3n) is 4.40. The molecule has 0 spiro atoms. The molecule has 0 atom stereocenters. The number of aromatic nitrogens is 1. The first kappa shape index (κ1) is 19.0. The maximum Gasteiger partial charge on any atom is 0.255 e. The van der Waals surface area contributed by atoms with Gasteiger partial charge in [-0.1, -0.05) is 29.3 Å². The van der Waals surface area contributed by atoms with Gasteiger partial charge in [-0.25, -0.2) is 4.98 Å². The first-order valence-corrected chi connectivity index (χ1v) is 9.62. The molecule has 0 aliphatic rings.